The molecule has 0 aromatic heterocycles. The third-order valence-corrected chi connectivity index (χ3v) is 3.37. The smallest absolute Gasteiger partial charge is 0.280 e. The van der Waals surface area contributed by atoms with Crippen molar-refractivity contribution in [3.05, 3.63) is 26.6 Å². The first-order valence-corrected chi connectivity index (χ1v) is 6.03. The summed E-state index contributed by atoms with van der Waals surface area (Å²) in [5.41, 5.74) is 1.89. The number of halogens is 2. The molecular weight excluding hydrogens is 340 g/mol. The van der Waals surface area contributed by atoms with Crippen LogP contribution in [0, 0.1) is 0 Å². The predicted octanol–water partition coefficient (Wildman–Crippen LogP) is 2.54. The van der Waals surface area contributed by atoms with Crippen molar-refractivity contribution < 1.29 is 9.63 Å². The van der Waals surface area contributed by atoms with Gasteiger partial charge in [0.25, 0.3) is 5.91 Å². The van der Waals surface area contributed by atoms with Crippen molar-refractivity contribution in [3.63, 3.8) is 0 Å². The summed E-state index contributed by atoms with van der Waals surface area (Å²) in [6, 6.07) is 3.73. The molecule has 84 valence electrons. The molecule has 4 nitrogen and oxygen atoms in total. The van der Waals surface area contributed by atoms with E-state index in [4.69, 9.17) is 4.84 Å². The maximum atomic E-state index is 11.9. The SMILES string of the molecule is CO/N=C1\C(=O)N(C)c2c(Br)cc(Br)cc21. The third kappa shape index (κ3) is 1.66. The fourth-order valence-corrected chi connectivity index (χ4v) is 3.13. The number of benzene rings is 1. The Hall–Kier alpha value is -0.880. The maximum absolute atomic E-state index is 11.9. The summed E-state index contributed by atoms with van der Waals surface area (Å²) in [6.45, 7) is 0. The topological polar surface area (TPSA) is 41.9 Å². The van der Waals surface area contributed by atoms with Gasteiger partial charge in [0.1, 0.15) is 7.11 Å². The van der Waals surface area contributed by atoms with Crippen LogP contribution >= 0.6 is 31.9 Å². The normalized spacial score (nSPS) is 16.9. The lowest BCUT2D eigenvalue weighted by molar-refractivity contribution is -0.112. The molecule has 0 fully saturated rings. The van der Waals surface area contributed by atoms with Crippen LogP contribution in [0.2, 0.25) is 0 Å². The molecule has 1 amide bonds. The molecule has 1 aliphatic rings. The lowest BCUT2D eigenvalue weighted by Crippen LogP contribution is -2.25. The number of oxime groups is 1. The van der Waals surface area contributed by atoms with Crippen LogP contribution in [0.25, 0.3) is 0 Å². The van der Waals surface area contributed by atoms with Gasteiger partial charge in [-0.3, -0.25) is 4.79 Å². The number of carbonyl (C=O) groups is 1. The van der Waals surface area contributed by atoms with Crippen LogP contribution in [0.4, 0.5) is 5.69 Å². The molecule has 0 unspecified atom stereocenters. The van der Waals surface area contributed by atoms with Crippen LogP contribution in [0.1, 0.15) is 5.56 Å². The first kappa shape index (κ1) is 11.6. The molecule has 1 aliphatic heterocycles. The second kappa shape index (κ2) is 4.18. The fraction of sp³-hybridized carbons (Fsp3) is 0.200. The summed E-state index contributed by atoms with van der Waals surface area (Å²) < 4.78 is 1.72. The Balaban J connectivity index is 2.70. The van der Waals surface area contributed by atoms with Crippen LogP contribution < -0.4 is 4.90 Å². The van der Waals surface area contributed by atoms with Crippen molar-refractivity contribution >= 4 is 49.2 Å². The number of hydrogen-bond acceptors (Lipinski definition) is 3. The van der Waals surface area contributed by atoms with E-state index < -0.39 is 0 Å². The molecule has 6 heteroatoms. The molecular formula is C10H8Br2N2O2. The first-order valence-electron chi connectivity index (χ1n) is 4.45. The molecule has 0 atom stereocenters. The van der Waals surface area contributed by atoms with Gasteiger partial charge in [-0.05, 0) is 28.1 Å². The Morgan fingerprint density at radius 1 is 1.38 bits per heavy atom. The molecule has 1 heterocycles. The van der Waals surface area contributed by atoms with E-state index in [0.717, 1.165) is 20.2 Å². The fourth-order valence-electron chi connectivity index (χ4n) is 1.64. The molecule has 1 aromatic carbocycles. The predicted molar refractivity (Wildman–Crippen MR) is 68.8 cm³/mol. The zero-order chi connectivity index (χ0) is 11.9. The Morgan fingerprint density at radius 3 is 2.69 bits per heavy atom. The molecule has 2 rings (SSSR count). The van der Waals surface area contributed by atoms with E-state index >= 15 is 0 Å². The molecule has 0 spiro atoms. The summed E-state index contributed by atoms with van der Waals surface area (Å²) in [5, 5.41) is 3.76. The number of hydrogen-bond donors (Lipinski definition) is 0. The molecule has 16 heavy (non-hydrogen) atoms. The Morgan fingerprint density at radius 2 is 2.06 bits per heavy atom. The largest absolute Gasteiger partial charge is 0.398 e. The van der Waals surface area contributed by atoms with E-state index in [1.165, 1.54) is 7.11 Å². The number of rotatable bonds is 1. The Kier molecular flexibility index (Phi) is 3.03. The monoisotopic (exact) mass is 346 g/mol. The lowest BCUT2D eigenvalue weighted by Gasteiger charge is -2.10. The molecule has 0 aliphatic carbocycles. The minimum atomic E-state index is -0.171. The summed E-state index contributed by atoms with van der Waals surface area (Å²) in [6.07, 6.45) is 0. The van der Waals surface area contributed by atoms with Crippen LogP contribution in [-0.4, -0.2) is 25.8 Å². The minimum Gasteiger partial charge on any atom is -0.398 e. The average molecular weight is 348 g/mol. The number of fused-ring (bicyclic) bond motifs is 1. The highest BCUT2D eigenvalue weighted by Gasteiger charge is 2.34. The van der Waals surface area contributed by atoms with Gasteiger partial charge in [-0.2, -0.15) is 0 Å². The van der Waals surface area contributed by atoms with Crippen molar-refractivity contribution in [1.29, 1.82) is 0 Å². The third-order valence-electron chi connectivity index (χ3n) is 2.31. The van der Waals surface area contributed by atoms with Crippen molar-refractivity contribution in [1.82, 2.24) is 0 Å². The van der Waals surface area contributed by atoms with E-state index in [1.54, 1.807) is 11.9 Å². The van der Waals surface area contributed by atoms with Gasteiger partial charge in [0, 0.05) is 21.6 Å². The van der Waals surface area contributed by atoms with Gasteiger partial charge in [-0.25, -0.2) is 0 Å². The van der Waals surface area contributed by atoms with Crippen molar-refractivity contribution in [3.8, 4) is 0 Å². The maximum Gasteiger partial charge on any atom is 0.280 e. The number of likely N-dealkylation sites (N-methyl/N-ethyl adjacent to an activating group) is 1. The zero-order valence-corrected chi connectivity index (χ0v) is 11.8. The number of nitrogens with zero attached hydrogens (tertiary/aromatic N) is 2. The van der Waals surface area contributed by atoms with Gasteiger partial charge in [-0.1, -0.05) is 21.1 Å². The van der Waals surface area contributed by atoms with E-state index in [9.17, 15) is 4.79 Å². The van der Waals surface area contributed by atoms with Gasteiger partial charge >= 0.3 is 0 Å². The van der Waals surface area contributed by atoms with E-state index in [1.807, 2.05) is 12.1 Å². The van der Waals surface area contributed by atoms with Crippen LogP contribution in [-0.2, 0) is 9.63 Å². The molecule has 0 N–H and O–H groups in total. The van der Waals surface area contributed by atoms with Crippen molar-refractivity contribution in [2.45, 2.75) is 0 Å². The number of carbonyl (C=O) groups excluding carboxylic acids is 1. The average Bonchev–Trinajstić information content (AvgIpc) is 2.44. The molecule has 0 bridgehead atoms. The highest BCUT2D eigenvalue weighted by atomic mass is 79.9. The number of anilines is 1. The molecule has 1 aromatic rings. The molecule has 0 radical (unpaired) electrons. The second-order valence-electron chi connectivity index (χ2n) is 3.27. The first-order chi connectivity index (χ1) is 7.56. The Bertz CT molecular complexity index is 500. The van der Waals surface area contributed by atoms with E-state index in [2.05, 4.69) is 37.0 Å². The summed E-state index contributed by atoms with van der Waals surface area (Å²) >= 11 is 6.80. The quantitative estimate of drug-likeness (QED) is 0.732. The van der Waals surface area contributed by atoms with Crippen LogP contribution in [0.3, 0.4) is 0 Å². The van der Waals surface area contributed by atoms with E-state index in [-0.39, 0.29) is 5.91 Å². The lowest BCUT2D eigenvalue weighted by atomic mass is 10.1. The molecule has 0 saturated heterocycles. The van der Waals surface area contributed by atoms with Crippen LogP contribution in [0.15, 0.2) is 26.2 Å². The van der Waals surface area contributed by atoms with Gasteiger partial charge in [0.15, 0.2) is 5.71 Å². The van der Waals surface area contributed by atoms with Gasteiger partial charge in [-0.15, -0.1) is 0 Å². The summed E-state index contributed by atoms with van der Waals surface area (Å²) in [5.74, 6) is -0.171. The second-order valence-corrected chi connectivity index (χ2v) is 5.04. The van der Waals surface area contributed by atoms with Crippen LogP contribution in [0.5, 0.6) is 0 Å². The van der Waals surface area contributed by atoms with Gasteiger partial charge in [0.2, 0.25) is 0 Å². The highest BCUT2D eigenvalue weighted by Crippen LogP contribution is 2.37. The summed E-state index contributed by atoms with van der Waals surface area (Å²) in [4.78, 5) is 18.1. The number of amides is 1. The van der Waals surface area contributed by atoms with Gasteiger partial charge in [0.05, 0.1) is 5.69 Å². The van der Waals surface area contributed by atoms with Crippen molar-refractivity contribution in [2.75, 3.05) is 19.1 Å². The Labute approximate surface area is 110 Å². The molecule has 0 saturated carbocycles. The standard InChI is InChI=1S/C10H8Br2N2O2/c1-14-9-6(3-5(11)4-7(9)12)8(10(14)15)13-16-2/h3-4H,1-2H3/b13-8-. The highest BCUT2D eigenvalue weighted by molar-refractivity contribution is 9.11. The summed E-state index contributed by atoms with van der Waals surface area (Å²) in [7, 11) is 3.13. The van der Waals surface area contributed by atoms with Gasteiger partial charge < -0.3 is 9.74 Å². The van der Waals surface area contributed by atoms with E-state index in [0.29, 0.717) is 5.71 Å². The zero-order valence-electron chi connectivity index (χ0n) is 8.62. The minimum absolute atomic E-state index is 0.171. The van der Waals surface area contributed by atoms with Crippen molar-refractivity contribution in [2.24, 2.45) is 5.16 Å².